The van der Waals surface area contributed by atoms with Crippen molar-refractivity contribution < 1.29 is 9.47 Å². The summed E-state index contributed by atoms with van der Waals surface area (Å²) in [5.74, 6) is 1.77. The molecule has 0 amide bonds. The van der Waals surface area contributed by atoms with Crippen molar-refractivity contribution in [3.63, 3.8) is 0 Å². The van der Waals surface area contributed by atoms with E-state index in [9.17, 15) is 0 Å². The molecular weight excluding hydrogens is 455 g/mol. The zero-order valence-corrected chi connectivity index (χ0v) is 19.4. The summed E-state index contributed by atoms with van der Waals surface area (Å²) in [7, 11) is 1.80. The zero-order valence-electron chi connectivity index (χ0n) is 17.1. The van der Waals surface area contributed by atoms with Crippen LogP contribution in [0, 0.1) is 6.92 Å². The Morgan fingerprint density at radius 3 is 2.70 bits per heavy atom. The second kappa shape index (κ2) is 13.2. The fraction of sp³-hybridized carbons (Fsp3) is 0.650. The SMILES string of the molecule is CCC(C)Oc1cc(C)ccc1CNC(=NC)NCCN1CCOCC1.I. The van der Waals surface area contributed by atoms with Crippen LogP contribution < -0.4 is 15.4 Å². The molecule has 27 heavy (non-hydrogen) atoms. The maximum absolute atomic E-state index is 6.08. The van der Waals surface area contributed by atoms with Gasteiger partial charge in [0.05, 0.1) is 19.3 Å². The maximum Gasteiger partial charge on any atom is 0.191 e. The number of morpholine rings is 1. The highest BCUT2D eigenvalue weighted by Crippen LogP contribution is 2.22. The monoisotopic (exact) mass is 490 g/mol. The quantitative estimate of drug-likeness (QED) is 0.334. The number of aliphatic imine (C=N–C) groups is 1. The second-order valence-electron chi connectivity index (χ2n) is 6.75. The van der Waals surface area contributed by atoms with E-state index in [2.05, 4.69) is 59.5 Å². The van der Waals surface area contributed by atoms with E-state index in [0.29, 0.717) is 6.54 Å². The lowest BCUT2D eigenvalue weighted by atomic mass is 10.1. The van der Waals surface area contributed by atoms with Gasteiger partial charge < -0.3 is 20.1 Å². The second-order valence-corrected chi connectivity index (χ2v) is 6.75. The van der Waals surface area contributed by atoms with E-state index in [0.717, 1.165) is 63.1 Å². The average Bonchev–Trinajstić information content (AvgIpc) is 2.66. The molecular formula is C20H35IN4O2. The van der Waals surface area contributed by atoms with Crippen LogP contribution in [0.25, 0.3) is 0 Å². The average molecular weight is 490 g/mol. The number of ether oxygens (including phenoxy) is 2. The molecule has 0 radical (unpaired) electrons. The van der Waals surface area contributed by atoms with E-state index < -0.39 is 0 Å². The third-order valence-electron chi connectivity index (χ3n) is 4.62. The lowest BCUT2D eigenvalue weighted by Gasteiger charge is -2.26. The highest BCUT2D eigenvalue weighted by Gasteiger charge is 2.11. The molecule has 6 nitrogen and oxygen atoms in total. The number of aryl methyl sites for hydroxylation is 1. The molecule has 2 rings (SSSR count). The first-order valence-corrected chi connectivity index (χ1v) is 9.63. The number of nitrogens with one attached hydrogen (secondary N) is 2. The Morgan fingerprint density at radius 1 is 1.30 bits per heavy atom. The molecule has 0 aliphatic carbocycles. The molecule has 1 aliphatic heterocycles. The summed E-state index contributed by atoms with van der Waals surface area (Å²) in [6.07, 6.45) is 1.20. The fourth-order valence-corrected chi connectivity index (χ4v) is 2.77. The number of hydrogen-bond donors (Lipinski definition) is 2. The van der Waals surface area contributed by atoms with E-state index >= 15 is 0 Å². The van der Waals surface area contributed by atoms with Crippen LogP contribution in [0.5, 0.6) is 5.75 Å². The number of rotatable bonds is 8. The van der Waals surface area contributed by atoms with Crippen LogP contribution in [-0.2, 0) is 11.3 Å². The van der Waals surface area contributed by atoms with Gasteiger partial charge in [0, 0.05) is 45.3 Å². The van der Waals surface area contributed by atoms with Crippen molar-refractivity contribution in [2.75, 3.05) is 46.4 Å². The van der Waals surface area contributed by atoms with Gasteiger partial charge in [0.2, 0.25) is 0 Å². The molecule has 1 aliphatic rings. The Kier molecular flexibility index (Phi) is 11.7. The molecule has 1 unspecified atom stereocenters. The Labute approximate surface area is 181 Å². The predicted octanol–water partition coefficient (Wildman–Crippen LogP) is 2.79. The first kappa shape index (κ1) is 24.0. The van der Waals surface area contributed by atoms with Gasteiger partial charge in [0.25, 0.3) is 0 Å². The van der Waals surface area contributed by atoms with Crippen molar-refractivity contribution in [3.8, 4) is 5.75 Å². The molecule has 7 heteroatoms. The largest absolute Gasteiger partial charge is 0.490 e. The Morgan fingerprint density at radius 2 is 2.04 bits per heavy atom. The predicted molar refractivity (Wildman–Crippen MR) is 122 cm³/mol. The number of nitrogens with zero attached hydrogens (tertiary/aromatic N) is 2. The third kappa shape index (κ3) is 8.66. The lowest BCUT2D eigenvalue weighted by Crippen LogP contribution is -2.44. The van der Waals surface area contributed by atoms with Gasteiger partial charge in [-0.2, -0.15) is 0 Å². The Balaban J connectivity index is 0.00000364. The Hall–Kier alpha value is -1.06. The van der Waals surface area contributed by atoms with Crippen molar-refractivity contribution in [2.24, 2.45) is 4.99 Å². The number of guanidine groups is 1. The van der Waals surface area contributed by atoms with Crippen LogP contribution in [0.3, 0.4) is 0 Å². The van der Waals surface area contributed by atoms with E-state index in [1.807, 2.05) is 0 Å². The summed E-state index contributed by atoms with van der Waals surface area (Å²) in [6, 6.07) is 6.36. The Bertz CT molecular complexity index is 577. The molecule has 0 spiro atoms. The first-order valence-electron chi connectivity index (χ1n) is 9.63. The summed E-state index contributed by atoms with van der Waals surface area (Å²) in [5.41, 5.74) is 2.35. The van der Waals surface area contributed by atoms with Crippen LogP contribution in [-0.4, -0.2) is 63.4 Å². The minimum absolute atomic E-state index is 0. The van der Waals surface area contributed by atoms with Gasteiger partial charge >= 0.3 is 0 Å². The number of benzene rings is 1. The number of halogens is 1. The third-order valence-corrected chi connectivity index (χ3v) is 4.62. The van der Waals surface area contributed by atoms with Crippen LogP contribution in [0.2, 0.25) is 0 Å². The van der Waals surface area contributed by atoms with Crippen LogP contribution in [0.15, 0.2) is 23.2 Å². The van der Waals surface area contributed by atoms with Gasteiger partial charge in [-0.3, -0.25) is 9.89 Å². The fourth-order valence-electron chi connectivity index (χ4n) is 2.77. The van der Waals surface area contributed by atoms with E-state index in [1.165, 1.54) is 5.56 Å². The molecule has 154 valence electrons. The molecule has 2 N–H and O–H groups in total. The molecule has 1 aromatic rings. The smallest absolute Gasteiger partial charge is 0.191 e. The zero-order chi connectivity index (χ0) is 18.8. The van der Waals surface area contributed by atoms with Crippen LogP contribution in [0.4, 0.5) is 0 Å². The van der Waals surface area contributed by atoms with E-state index in [-0.39, 0.29) is 30.1 Å². The molecule has 0 saturated carbocycles. The van der Waals surface area contributed by atoms with Gasteiger partial charge in [-0.1, -0.05) is 19.1 Å². The lowest BCUT2D eigenvalue weighted by molar-refractivity contribution is 0.0389. The van der Waals surface area contributed by atoms with Gasteiger partial charge in [0.1, 0.15) is 5.75 Å². The first-order chi connectivity index (χ1) is 12.6. The molecule has 1 aromatic carbocycles. The van der Waals surface area contributed by atoms with Crippen molar-refractivity contribution in [2.45, 2.75) is 39.8 Å². The molecule has 0 aromatic heterocycles. The van der Waals surface area contributed by atoms with Crippen molar-refractivity contribution in [1.82, 2.24) is 15.5 Å². The molecule has 1 fully saturated rings. The van der Waals surface area contributed by atoms with Gasteiger partial charge in [-0.05, 0) is 31.9 Å². The molecule has 1 heterocycles. The topological polar surface area (TPSA) is 58.1 Å². The van der Waals surface area contributed by atoms with Crippen molar-refractivity contribution in [1.29, 1.82) is 0 Å². The minimum Gasteiger partial charge on any atom is -0.490 e. The van der Waals surface area contributed by atoms with Gasteiger partial charge in [0.15, 0.2) is 5.96 Å². The van der Waals surface area contributed by atoms with E-state index in [1.54, 1.807) is 7.05 Å². The maximum atomic E-state index is 6.08. The highest BCUT2D eigenvalue weighted by molar-refractivity contribution is 14.0. The van der Waals surface area contributed by atoms with E-state index in [4.69, 9.17) is 9.47 Å². The van der Waals surface area contributed by atoms with Crippen LogP contribution >= 0.6 is 24.0 Å². The summed E-state index contributed by atoms with van der Waals surface area (Å²) in [6.45, 7) is 12.6. The summed E-state index contributed by atoms with van der Waals surface area (Å²) >= 11 is 0. The minimum atomic E-state index is 0. The van der Waals surface area contributed by atoms with Crippen molar-refractivity contribution in [3.05, 3.63) is 29.3 Å². The summed E-state index contributed by atoms with van der Waals surface area (Å²) in [4.78, 5) is 6.73. The van der Waals surface area contributed by atoms with Gasteiger partial charge in [-0.25, -0.2) is 0 Å². The molecule has 0 bridgehead atoms. The highest BCUT2D eigenvalue weighted by atomic mass is 127. The number of hydrogen-bond acceptors (Lipinski definition) is 4. The summed E-state index contributed by atoms with van der Waals surface area (Å²) < 4.78 is 11.5. The molecule has 1 atom stereocenters. The van der Waals surface area contributed by atoms with Gasteiger partial charge in [-0.15, -0.1) is 24.0 Å². The summed E-state index contributed by atoms with van der Waals surface area (Å²) in [5, 5.41) is 6.78. The van der Waals surface area contributed by atoms with Crippen molar-refractivity contribution >= 4 is 29.9 Å². The standard InChI is InChI=1S/C20H34N4O2.HI/c1-5-17(3)26-19-14-16(2)6-7-18(19)15-23-20(21-4)22-8-9-24-10-12-25-13-11-24;/h6-7,14,17H,5,8-13,15H2,1-4H3,(H2,21,22,23);1H. The van der Waals surface area contributed by atoms with Crippen LogP contribution in [0.1, 0.15) is 31.4 Å². The normalized spacial score (nSPS) is 16.4. The molecule has 1 saturated heterocycles.